The Labute approximate surface area is 99.3 Å². The van der Waals surface area contributed by atoms with Gasteiger partial charge in [-0.2, -0.15) is 0 Å². The smallest absolute Gasteiger partial charge is 0.0760 e. The maximum Gasteiger partial charge on any atom is 0.0760 e. The first kappa shape index (κ1) is 12.3. The summed E-state index contributed by atoms with van der Waals surface area (Å²) >= 11 is 0. The van der Waals surface area contributed by atoms with Gasteiger partial charge in [0.1, 0.15) is 0 Å². The van der Waals surface area contributed by atoms with Crippen LogP contribution in [0.1, 0.15) is 34.1 Å². The minimum Gasteiger partial charge on any atom is -0.377 e. The van der Waals surface area contributed by atoms with Gasteiger partial charge in [0, 0.05) is 25.7 Å². The maximum atomic E-state index is 6.09. The van der Waals surface area contributed by atoms with Gasteiger partial charge in [-0.3, -0.25) is 4.90 Å². The molecule has 1 heterocycles. The van der Waals surface area contributed by atoms with Crippen molar-refractivity contribution in [2.75, 3.05) is 19.7 Å². The van der Waals surface area contributed by atoms with Crippen molar-refractivity contribution < 1.29 is 4.74 Å². The van der Waals surface area contributed by atoms with E-state index in [9.17, 15) is 0 Å². The molecule has 0 spiro atoms. The fourth-order valence-corrected chi connectivity index (χ4v) is 2.82. The van der Waals surface area contributed by atoms with Crippen LogP contribution in [0.2, 0.25) is 0 Å². The van der Waals surface area contributed by atoms with Crippen LogP contribution in [-0.4, -0.2) is 42.8 Å². The normalized spacial score (nSPS) is 36.9. The van der Waals surface area contributed by atoms with Gasteiger partial charge in [-0.15, -0.1) is 0 Å². The number of nitrogens with two attached hydrogens (primary N) is 1. The summed E-state index contributed by atoms with van der Waals surface area (Å²) in [5, 5.41) is 0. The molecule has 2 aliphatic rings. The van der Waals surface area contributed by atoms with Gasteiger partial charge in [0.25, 0.3) is 0 Å². The van der Waals surface area contributed by atoms with E-state index in [2.05, 4.69) is 32.6 Å². The molecule has 16 heavy (non-hydrogen) atoms. The van der Waals surface area contributed by atoms with Crippen LogP contribution in [0, 0.1) is 11.3 Å². The molecule has 0 amide bonds. The molecule has 94 valence electrons. The van der Waals surface area contributed by atoms with Crippen LogP contribution in [0.5, 0.6) is 0 Å². The Morgan fingerprint density at radius 1 is 1.31 bits per heavy atom. The van der Waals surface area contributed by atoms with Gasteiger partial charge in [0.05, 0.1) is 12.1 Å². The number of hydrogen-bond acceptors (Lipinski definition) is 3. The Bertz CT molecular complexity index is 241. The van der Waals surface area contributed by atoms with E-state index in [1.165, 1.54) is 13.1 Å². The number of ether oxygens (including phenoxy) is 1. The molecule has 2 rings (SSSR count). The second-order valence-electron chi connectivity index (χ2n) is 6.40. The number of rotatable bonds is 3. The molecule has 3 heteroatoms. The quantitative estimate of drug-likeness (QED) is 0.792. The first-order valence-corrected chi connectivity index (χ1v) is 6.54. The van der Waals surface area contributed by atoms with E-state index < -0.39 is 0 Å². The molecule has 0 aromatic rings. The van der Waals surface area contributed by atoms with E-state index in [1.807, 2.05) is 0 Å². The first-order valence-electron chi connectivity index (χ1n) is 6.54. The zero-order valence-corrected chi connectivity index (χ0v) is 11.1. The fraction of sp³-hybridized carbons (Fsp3) is 1.00. The topological polar surface area (TPSA) is 38.5 Å². The fourth-order valence-electron chi connectivity index (χ4n) is 2.82. The van der Waals surface area contributed by atoms with Crippen LogP contribution in [0.3, 0.4) is 0 Å². The van der Waals surface area contributed by atoms with Gasteiger partial charge in [-0.25, -0.2) is 0 Å². The summed E-state index contributed by atoms with van der Waals surface area (Å²) < 4.78 is 5.72. The Balaban J connectivity index is 1.82. The Hall–Kier alpha value is -0.120. The molecule has 1 aliphatic carbocycles. The second-order valence-corrected chi connectivity index (χ2v) is 6.40. The minimum atomic E-state index is 0.331. The third-order valence-corrected chi connectivity index (χ3v) is 4.26. The molecule has 3 unspecified atom stereocenters. The summed E-state index contributed by atoms with van der Waals surface area (Å²) in [4.78, 5) is 2.52. The van der Waals surface area contributed by atoms with Crippen molar-refractivity contribution >= 4 is 0 Å². The highest BCUT2D eigenvalue weighted by Crippen LogP contribution is 2.39. The van der Waals surface area contributed by atoms with Crippen LogP contribution in [0.4, 0.5) is 0 Å². The second kappa shape index (κ2) is 4.28. The molecule has 2 fully saturated rings. The van der Waals surface area contributed by atoms with Gasteiger partial charge in [0.15, 0.2) is 0 Å². The van der Waals surface area contributed by atoms with Gasteiger partial charge in [0.2, 0.25) is 0 Å². The highest BCUT2D eigenvalue weighted by Gasteiger charge is 2.48. The summed E-state index contributed by atoms with van der Waals surface area (Å²) in [5.74, 6) is 0.822. The summed E-state index contributed by atoms with van der Waals surface area (Å²) in [7, 11) is 0. The molecule has 0 aromatic carbocycles. The van der Waals surface area contributed by atoms with Crippen LogP contribution in [0.25, 0.3) is 0 Å². The van der Waals surface area contributed by atoms with Gasteiger partial charge in [-0.1, -0.05) is 20.8 Å². The predicted molar refractivity (Wildman–Crippen MR) is 66.3 cm³/mol. The number of hydrogen-bond donors (Lipinski definition) is 1. The standard InChI is InChI=1S/C13H26N2O/c1-5-16-11-6-10(14)12(11)15-7-9(8-15)13(2,3)4/h9-12H,5-8,14H2,1-4H3. The summed E-state index contributed by atoms with van der Waals surface area (Å²) in [6, 6.07) is 0.816. The molecular weight excluding hydrogens is 200 g/mol. The van der Waals surface area contributed by atoms with Gasteiger partial charge >= 0.3 is 0 Å². The van der Waals surface area contributed by atoms with E-state index in [0.29, 0.717) is 23.6 Å². The van der Waals surface area contributed by atoms with Crippen molar-refractivity contribution in [2.45, 2.75) is 52.3 Å². The van der Waals surface area contributed by atoms with Crippen molar-refractivity contribution in [3.63, 3.8) is 0 Å². The molecule has 1 aliphatic heterocycles. The summed E-state index contributed by atoms with van der Waals surface area (Å²) in [5.41, 5.74) is 6.52. The number of likely N-dealkylation sites (tertiary alicyclic amines) is 1. The monoisotopic (exact) mass is 226 g/mol. The lowest BCUT2D eigenvalue weighted by Crippen LogP contribution is -2.70. The largest absolute Gasteiger partial charge is 0.377 e. The van der Waals surface area contributed by atoms with Crippen molar-refractivity contribution in [3.8, 4) is 0 Å². The predicted octanol–water partition coefficient (Wildman–Crippen LogP) is 1.47. The molecule has 3 atom stereocenters. The molecule has 1 saturated heterocycles. The SMILES string of the molecule is CCOC1CC(N)C1N1CC(C(C)(C)C)C1. The van der Waals surface area contributed by atoms with Crippen LogP contribution in [0.15, 0.2) is 0 Å². The van der Waals surface area contributed by atoms with E-state index >= 15 is 0 Å². The lowest BCUT2D eigenvalue weighted by atomic mass is 9.72. The maximum absolute atomic E-state index is 6.09. The lowest BCUT2D eigenvalue weighted by molar-refractivity contribution is -0.124. The van der Waals surface area contributed by atoms with Crippen molar-refractivity contribution in [1.82, 2.24) is 4.90 Å². The Morgan fingerprint density at radius 2 is 1.94 bits per heavy atom. The molecule has 0 radical (unpaired) electrons. The molecule has 0 aromatic heterocycles. The third-order valence-electron chi connectivity index (χ3n) is 4.26. The van der Waals surface area contributed by atoms with E-state index in [4.69, 9.17) is 10.5 Å². The first-order chi connectivity index (χ1) is 7.43. The molecule has 3 nitrogen and oxygen atoms in total. The zero-order valence-electron chi connectivity index (χ0n) is 11.1. The van der Waals surface area contributed by atoms with Crippen LogP contribution in [-0.2, 0) is 4.74 Å². The third kappa shape index (κ3) is 2.13. The number of nitrogens with zero attached hydrogens (tertiary/aromatic N) is 1. The molecular formula is C13H26N2O. The van der Waals surface area contributed by atoms with E-state index in [0.717, 1.165) is 18.9 Å². The van der Waals surface area contributed by atoms with Crippen molar-refractivity contribution in [1.29, 1.82) is 0 Å². The Kier molecular flexibility index (Phi) is 3.30. The average molecular weight is 226 g/mol. The van der Waals surface area contributed by atoms with Gasteiger partial charge < -0.3 is 10.5 Å². The highest BCUT2D eigenvalue weighted by molar-refractivity contribution is 5.05. The van der Waals surface area contributed by atoms with E-state index in [1.54, 1.807) is 0 Å². The zero-order chi connectivity index (χ0) is 11.9. The minimum absolute atomic E-state index is 0.331. The summed E-state index contributed by atoms with van der Waals surface area (Å²) in [6.45, 7) is 12.3. The summed E-state index contributed by atoms with van der Waals surface area (Å²) in [6.07, 6.45) is 1.43. The van der Waals surface area contributed by atoms with Crippen LogP contribution >= 0.6 is 0 Å². The molecule has 0 bridgehead atoms. The average Bonchev–Trinajstić information content (AvgIpc) is 2.08. The molecule has 1 saturated carbocycles. The lowest BCUT2D eigenvalue weighted by Gasteiger charge is -2.56. The Morgan fingerprint density at radius 3 is 2.38 bits per heavy atom. The molecule has 2 N–H and O–H groups in total. The van der Waals surface area contributed by atoms with Crippen molar-refractivity contribution in [2.24, 2.45) is 17.1 Å². The van der Waals surface area contributed by atoms with E-state index in [-0.39, 0.29) is 0 Å². The van der Waals surface area contributed by atoms with Crippen LogP contribution < -0.4 is 5.73 Å². The highest BCUT2D eigenvalue weighted by atomic mass is 16.5. The van der Waals surface area contributed by atoms with Crippen molar-refractivity contribution in [3.05, 3.63) is 0 Å². The van der Waals surface area contributed by atoms with Gasteiger partial charge in [-0.05, 0) is 24.7 Å².